The summed E-state index contributed by atoms with van der Waals surface area (Å²) in [5.41, 5.74) is -2.23. The van der Waals surface area contributed by atoms with Crippen LogP contribution in [0.1, 0.15) is 62.1 Å². The Balaban J connectivity index is 3.90. The fraction of sp³-hybridized carbons (Fsp3) is 0.571. The van der Waals surface area contributed by atoms with Crippen molar-refractivity contribution >= 4 is 0 Å². The highest BCUT2D eigenvalue weighted by atomic mass is 16.3. The molecule has 0 aromatic heterocycles. The average Bonchev–Trinajstić information content (AvgIpc) is 2.32. The van der Waals surface area contributed by atoms with Gasteiger partial charge in [-0.25, -0.2) is 0 Å². The number of rotatable bonds is 1. The van der Waals surface area contributed by atoms with Gasteiger partial charge in [0.05, 0.1) is 1.37 Å². The van der Waals surface area contributed by atoms with Gasteiger partial charge in [0.15, 0.2) is 0 Å². The Morgan fingerprint density at radius 2 is 1.93 bits per heavy atom. The highest BCUT2D eigenvalue weighted by Gasteiger charge is 2.21. The van der Waals surface area contributed by atoms with E-state index in [2.05, 4.69) is 5.11 Å². The van der Waals surface area contributed by atoms with Crippen LogP contribution in [0.2, 0.25) is 0 Å². The molecule has 15 heavy (non-hydrogen) atoms. The molecular formula is C14H22O. The quantitative estimate of drug-likeness (QED) is 0.749. The third-order valence-electron chi connectivity index (χ3n) is 2.31. The maximum absolute atomic E-state index is 8.01. The molecule has 0 fully saturated rings. The van der Waals surface area contributed by atoms with E-state index in [1.54, 1.807) is 0 Å². The Hall–Kier alpha value is -0.980. The molecule has 1 rings (SSSR count). The SMILES string of the molecule is [2H]Oc1c([2H])cc(C(C)(C)C)cc1C(C)(C([2H])([2H])[2H])C([2H])([2H])[2H]. The summed E-state index contributed by atoms with van der Waals surface area (Å²) < 4.78 is 61.6. The number of phenols is 1. The fourth-order valence-corrected chi connectivity index (χ4v) is 1.29. The molecule has 0 heterocycles. The van der Waals surface area contributed by atoms with Crippen LogP contribution < -0.4 is 0 Å². The molecule has 0 saturated heterocycles. The molecule has 1 aromatic carbocycles. The van der Waals surface area contributed by atoms with Crippen molar-refractivity contribution in [2.45, 2.75) is 52.2 Å². The molecular weight excluding hydrogens is 184 g/mol. The largest absolute Gasteiger partial charge is 0.508 e. The lowest BCUT2D eigenvalue weighted by atomic mass is 9.80. The minimum Gasteiger partial charge on any atom is -0.508 e. The maximum atomic E-state index is 8.01. The van der Waals surface area contributed by atoms with Crippen LogP contribution >= 0.6 is 0 Å². The molecule has 0 atom stereocenters. The van der Waals surface area contributed by atoms with E-state index in [4.69, 9.17) is 11.0 Å². The van der Waals surface area contributed by atoms with E-state index >= 15 is 0 Å². The van der Waals surface area contributed by atoms with E-state index in [1.165, 1.54) is 12.1 Å². The van der Waals surface area contributed by atoms with Crippen LogP contribution in [0.15, 0.2) is 18.2 Å². The molecule has 0 aliphatic rings. The number of hydrogen-bond acceptors (Lipinski definition) is 1. The first-order chi connectivity index (χ1) is 10.1. The Morgan fingerprint density at radius 3 is 2.40 bits per heavy atom. The summed E-state index contributed by atoms with van der Waals surface area (Å²) in [5.74, 6) is -0.340. The van der Waals surface area contributed by atoms with Crippen LogP contribution in [0.25, 0.3) is 0 Å². The van der Waals surface area contributed by atoms with Crippen molar-refractivity contribution in [3.05, 3.63) is 29.3 Å². The monoisotopic (exact) mass is 214 g/mol. The number of phenolic OH excluding ortho intramolecular Hbond substituents is 1. The molecule has 0 bridgehead atoms. The van der Waals surface area contributed by atoms with Crippen LogP contribution in [0.4, 0.5) is 0 Å². The lowest BCUT2D eigenvalue weighted by Crippen LogP contribution is -2.16. The molecule has 1 N–H and O–H groups in total. The molecule has 0 radical (unpaired) electrons. The molecule has 84 valence electrons. The van der Waals surface area contributed by atoms with Crippen LogP contribution in [0, 0.1) is 0 Å². The van der Waals surface area contributed by atoms with E-state index in [1.807, 2.05) is 20.8 Å². The zero-order valence-corrected chi connectivity index (χ0v) is 9.56. The third kappa shape index (κ3) is 2.74. The van der Waals surface area contributed by atoms with Gasteiger partial charge in [-0.05, 0) is 28.0 Å². The summed E-state index contributed by atoms with van der Waals surface area (Å²) in [6.45, 7) is 0.984. The van der Waals surface area contributed by atoms with Crippen LogP contribution in [-0.2, 0) is 10.8 Å². The second-order valence-corrected chi connectivity index (χ2v) is 5.01. The summed E-state index contributed by atoms with van der Waals surface area (Å²) in [4.78, 5) is 0. The van der Waals surface area contributed by atoms with Crippen molar-refractivity contribution in [1.82, 2.24) is 0 Å². The lowest BCUT2D eigenvalue weighted by Gasteiger charge is -2.25. The van der Waals surface area contributed by atoms with Crippen molar-refractivity contribution in [3.63, 3.8) is 0 Å². The summed E-state index contributed by atoms with van der Waals surface area (Å²) in [6.07, 6.45) is 0. The summed E-state index contributed by atoms with van der Waals surface area (Å²) in [7, 11) is 0. The number of benzene rings is 1. The molecule has 0 amide bonds. The van der Waals surface area contributed by atoms with Gasteiger partial charge < -0.3 is 5.11 Å². The molecule has 1 aromatic rings. The van der Waals surface area contributed by atoms with Gasteiger partial charge in [0.2, 0.25) is 0 Å². The molecule has 1 nitrogen and oxygen atoms in total. The van der Waals surface area contributed by atoms with Gasteiger partial charge in [-0.15, -0.1) is 0 Å². The average molecular weight is 214 g/mol. The van der Waals surface area contributed by atoms with Crippen molar-refractivity contribution in [3.8, 4) is 5.75 Å². The van der Waals surface area contributed by atoms with Crippen LogP contribution in [-0.4, -0.2) is 6.54 Å². The van der Waals surface area contributed by atoms with Gasteiger partial charge in [0, 0.05) is 8.22 Å². The first kappa shape index (κ1) is 4.90. The fourth-order valence-electron chi connectivity index (χ4n) is 1.29. The second-order valence-electron chi connectivity index (χ2n) is 5.01. The minimum atomic E-state index is -2.87. The van der Waals surface area contributed by atoms with Crippen molar-refractivity contribution in [2.24, 2.45) is 0 Å². The topological polar surface area (TPSA) is 20.2 Å². The Bertz CT molecular complexity index is 566. The molecule has 0 aliphatic heterocycles. The predicted molar refractivity (Wildman–Crippen MR) is 65.5 cm³/mol. The zero-order valence-electron chi connectivity index (χ0n) is 17.6. The van der Waals surface area contributed by atoms with Crippen molar-refractivity contribution < 1.29 is 14.7 Å². The first-order valence-electron chi connectivity index (χ1n) is 8.77. The van der Waals surface area contributed by atoms with Gasteiger partial charge in [-0.1, -0.05) is 53.5 Å². The third-order valence-corrected chi connectivity index (χ3v) is 2.31. The van der Waals surface area contributed by atoms with Crippen molar-refractivity contribution in [1.29, 1.82) is 1.43 Å². The molecule has 0 aliphatic carbocycles. The number of aromatic hydroxyl groups is 1. The smallest absolute Gasteiger partial charge is 0.293 e. The van der Waals surface area contributed by atoms with Crippen molar-refractivity contribution in [2.75, 3.05) is 0 Å². The lowest BCUT2D eigenvalue weighted by molar-refractivity contribution is 0.444. The Labute approximate surface area is 104 Å². The Kier molecular flexibility index (Phi) is 1.16. The molecule has 0 unspecified atom stereocenters. The summed E-state index contributed by atoms with van der Waals surface area (Å²) in [5, 5.41) is 4.44. The van der Waals surface area contributed by atoms with Gasteiger partial charge in [0.25, 0.3) is 1.43 Å². The minimum absolute atomic E-state index is 0.162. The predicted octanol–water partition coefficient (Wildman–Crippen LogP) is 3.99. The van der Waals surface area contributed by atoms with Gasteiger partial charge >= 0.3 is 0 Å². The zero-order chi connectivity index (χ0) is 18.4. The van der Waals surface area contributed by atoms with Gasteiger partial charge in [-0.2, -0.15) is 0 Å². The van der Waals surface area contributed by atoms with Crippen LogP contribution in [0.5, 0.6) is 5.75 Å². The van der Waals surface area contributed by atoms with E-state index < -0.39 is 24.5 Å². The van der Waals surface area contributed by atoms with Gasteiger partial charge in [0.1, 0.15) is 5.75 Å². The molecule has 0 saturated carbocycles. The normalized spacial score (nSPS) is 22.1. The Morgan fingerprint density at radius 1 is 1.27 bits per heavy atom. The summed E-state index contributed by atoms with van der Waals surface area (Å²) >= 11 is 0. The van der Waals surface area contributed by atoms with Crippen LogP contribution in [0.3, 0.4) is 0 Å². The maximum Gasteiger partial charge on any atom is 0.293 e. The van der Waals surface area contributed by atoms with E-state index in [0.29, 0.717) is 5.56 Å². The summed E-state index contributed by atoms with van der Waals surface area (Å²) in [6, 6.07) is 2.69. The molecule has 1 heteroatoms. The van der Waals surface area contributed by atoms with E-state index in [9.17, 15) is 0 Å². The molecule has 0 spiro atoms. The number of hydrogen-bond donors (Lipinski definition) is 1. The highest BCUT2D eigenvalue weighted by molar-refractivity contribution is 5.42. The van der Waals surface area contributed by atoms with E-state index in [-0.39, 0.29) is 17.4 Å². The second kappa shape index (κ2) is 3.55. The van der Waals surface area contributed by atoms with E-state index in [0.717, 1.165) is 6.92 Å². The standard InChI is InChI=1S/C14H22O/c1-13(2,3)10-7-8-12(15)11(9-10)14(4,5)6/h7-9,15H,1-6H3/i4D3,5D3,8D/hD. The first-order valence-corrected chi connectivity index (χ1v) is 4.86. The van der Waals surface area contributed by atoms with Gasteiger partial charge in [-0.3, -0.25) is 0 Å². The highest BCUT2D eigenvalue weighted by Crippen LogP contribution is 2.34.